The molecule has 1 atom stereocenters. The van der Waals surface area contributed by atoms with E-state index in [9.17, 15) is 4.79 Å². The summed E-state index contributed by atoms with van der Waals surface area (Å²) in [5, 5.41) is 22.9. The number of nitrogens with two attached hydrogens (primary N) is 1. The van der Waals surface area contributed by atoms with E-state index in [0.29, 0.717) is 0 Å². The van der Waals surface area contributed by atoms with Crippen molar-refractivity contribution in [2.45, 2.75) is 6.04 Å². The number of rotatable bonds is 2. The first-order valence-corrected chi connectivity index (χ1v) is 2.22. The predicted octanol–water partition coefficient (Wildman–Crippen LogP) is -1.58. The summed E-state index contributed by atoms with van der Waals surface area (Å²) in [6.07, 6.45) is 0. The summed E-state index contributed by atoms with van der Waals surface area (Å²) in [4.78, 5) is 9.65. The van der Waals surface area contributed by atoms with Crippen LogP contribution in [0.15, 0.2) is 0 Å². The maximum atomic E-state index is 9.65. The van der Waals surface area contributed by atoms with Crippen LogP contribution in [0.25, 0.3) is 0 Å². The summed E-state index contributed by atoms with van der Waals surface area (Å²) in [5.41, 5.74) is 4.77. The van der Waals surface area contributed by atoms with Crippen molar-refractivity contribution in [3.8, 4) is 0 Å². The Hall–Kier alpha value is -0.360. The standard InChI is InChI=1S/C3H7NO3.CH4O.ClH/c4-2(1-5)3(6)7;1-2;/h2,5H,1,4H2,(H,6,7);2H,1H3;1H/t2-;;/m0../s1. The van der Waals surface area contributed by atoms with Crippen molar-refractivity contribution in [1.82, 2.24) is 0 Å². The van der Waals surface area contributed by atoms with Crippen LogP contribution in [0.4, 0.5) is 0 Å². The molecule has 0 aromatic rings. The molecule has 0 bridgehead atoms. The minimum Gasteiger partial charge on any atom is -0.480 e. The van der Waals surface area contributed by atoms with Gasteiger partial charge in [-0.25, -0.2) is 0 Å². The third-order valence-corrected chi connectivity index (χ3v) is 0.514. The highest BCUT2D eigenvalue weighted by Crippen LogP contribution is 1.71. The monoisotopic (exact) mass is 173 g/mol. The predicted molar refractivity (Wildman–Crippen MR) is 38.1 cm³/mol. The topological polar surface area (TPSA) is 104 Å². The number of carboxylic acid groups (broad SMARTS) is 1. The van der Waals surface area contributed by atoms with Gasteiger partial charge >= 0.3 is 5.97 Å². The van der Waals surface area contributed by atoms with Crippen LogP contribution in [0.2, 0.25) is 0 Å². The van der Waals surface area contributed by atoms with Gasteiger partial charge in [-0.1, -0.05) is 0 Å². The second kappa shape index (κ2) is 11.4. The van der Waals surface area contributed by atoms with Crippen molar-refractivity contribution in [2.75, 3.05) is 13.7 Å². The van der Waals surface area contributed by atoms with E-state index in [1.807, 2.05) is 0 Å². The maximum absolute atomic E-state index is 9.65. The van der Waals surface area contributed by atoms with Gasteiger partial charge in [0, 0.05) is 7.11 Å². The van der Waals surface area contributed by atoms with E-state index in [1.165, 1.54) is 0 Å². The van der Waals surface area contributed by atoms with Crippen molar-refractivity contribution in [3.05, 3.63) is 0 Å². The number of aliphatic hydroxyl groups excluding tert-OH is 2. The lowest BCUT2D eigenvalue weighted by atomic mass is 10.3. The number of aliphatic hydroxyl groups is 2. The molecule has 5 nitrogen and oxygen atoms in total. The lowest BCUT2D eigenvalue weighted by molar-refractivity contribution is -0.139. The van der Waals surface area contributed by atoms with Gasteiger partial charge in [0.1, 0.15) is 6.04 Å². The van der Waals surface area contributed by atoms with E-state index in [2.05, 4.69) is 0 Å². The number of carbonyl (C=O) groups is 1. The normalized spacial score (nSPS) is 10.0. The van der Waals surface area contributed by atoms with Crippen molar-refractivity contribution >= 4 is 18.4 Å². The van der Waals surface area contributed by atoms with E-state index in [0.717, 1.165) is 7.11 Å². The fraction of sp³-hybridized carbons (Fsp3) is 0.750. The van der Waals surface area contributed by atoms with Crippen LogP contribution in [0.1, 0.15) is 0 Å². The fourth-order valence-electron chi connectivity index (χ4n) is 0.0781. The Morgan fingerprint density at radius 1 is 1.60 bits per heavy atom. The molecule has 0 unspecified atom stereocenters. The molecule has 0 spiro atoms. The van der Waals surface area contributed by atoms with Crippen LogP contribution in [0.3, 0.4) is 0 Å². The molecule has 0 aliphatic heterocycles. The zero-order valence-corrected chi connectivity index (χ0v) is 6.34. The van der Waals surface area contributed by atoms with Crippen molar-refractivity contribution in [2.24, 2.45) is 5.73 Å². The molecule has 64 valence electrons. The van der Waals surface area contributed by atoms with Crippen molar-refractivity contribution in [3.63, 3.8) is 0 Å². The average Bonchev–Trinajstić information content (AvgIpc) is 1.91. The Labute approximate surface area is 64.9 Å². The number of hydrogen-bond acceptors (Lipinski definition) is 4. The molecule has 0 aromatic carbocycles. The van der Waals surface area contributed by atoms with Gasteiger partial charge in [-0.05, 0) is 0 Å². The smallest absolute Gasteiger partial charge is 0.322 e. The number of hydrogen-bond donors (Lipinski definition) is 4. The molecule has 0 saturated carbocycles. The first kappa shape index (κ1) is 16.3. The molecular formula is C4H12ClNO4. The summed E-state index contributed by atoms with van der Waals surface area (Å²) in [7, 11) is 1.00. The van der Waals surface area contributed by atoms with Gasteiger partial charge in [0.2, 0.25) is 0 Å². The second-order valence-corrected chi connectivity index (χ2v) is 1.13. The molecule has 5 N–H and O–H groups in total. The molecule has 0 radical (unpaired) electrons. The minimum atomic E-state index is -1.18. The van der Waals surface area contributed by atoms with Gasteiger partial charge in [0.15, 0.2) is 0 Å². The fourth-order valence-corrected chi connectivity index (χ4v) is 0.0781. The van der Waals surface area contributed by atoms with Crippen LogP contribution in [-0.2, 0) is 4.79 Å². The third kappa shape index (κ3) is 10.6. The summed E-state index contributed by atoms with van der Waals surface area (Å²) in [6, 6.07) is -1.13. The number of carboxylic acids is 1. The Bertz CT molecular complexity index is 79.7. The Morgan fingerprint density at radius 3 is 1.90 bits per heavy atom. The highest BCUT2D eigenvalue weighted by Gasteiger charge is 2.06. The summed E-state index contributed by atoms with van der Waals surface area (Å²) < 4.78 is 0. The minimum absolute atomic E-state index is 0. The van der Waals surface area contributed by atoms with Crippen LogP contribution in [0.5, 0.6) is 0 Å². The Morgan fingerprint density at radius 2 is 1.90 bits per heavy atom. The van der Waals surface area contributed by atoms with E-state index < -0.39 is 18.6 Å². The SMILES string of the molecule is CO.Cl.N[C@@H](CO)C(=O)O. The van der Waals surface area contributed by atoms with E-state index in [1.54, 1.807) is 0 Å². The lowest BCUT2D eigenvalue weighted by Gasteiger charge is -1.96. The molecule has 0 fully saturated rings. The van der Waals surface area contributed by atoms with Crippen LogP contribution < -0.4 is 5.73 Å². The number of aliphatic carboxylic acids is 1. The molecular weight excluding hydrogens is 161 g/mol. The molecule has 10 heavy (non-hydrogen) atoms. The first-order chi connectivity index (χ1) is 4.18. The second-order valence-electron chi connectivity index (χ2n) is 1.13. The van der Waals surface area contributed by atoms with E-state index in [-0.39, 0.29) is 12.4 Å². The molecule has 0 saturated heterocycles. The summed E-state index contributed by atoms with van der Waals surface area (Å²) >= 11 is 0. The first-order valence-electron chi connectivity index (χ1n) is 2.22. The molecule has 0 heterocycles. The van der Waals surface area contributed by atoms with Gasteiger partial charge in [-0.2, -0.15) is 0 Å². The average molecular weight is 174 g/mol. The molecule has 6 heteroatoms. The van der Waals surface area contributed by atoms with Crippen molar-refractivity contribution < 1.29 is 20.1 Å². The Balaban J connectivity index is -0.000000149. The third-order valence-electron chi connectivity index (χ3n) is 0.514. The van der Waals surface area contributed by atoms with Gasteiger partial charge in [-0.3, -0.25) is 4.79 Å². The van der Waals surface area contributed by atoms with Gasteiger partial charge in [0.05, 0.1) is 6.61 Å². The molecule has 0 aliphatic rings. The lowest BCUT2D eigenvalue weighted by Crippen LogP contribution is -2.33. The molecule has 0 aliphatic carbocycles. The highest BCUT2D eigenvalue weighted by molar-refractivity contribution is 5.85. The zero-order valence-electron chi connectivity index (χ0n) is 5.52. The summed E-state index contributed by atoms with van der Waals surface area (Å²) in [5.74, 6) is -1.18. The van der Waals surface area contributed by atoms with Crippen LogP contribution in [-0.4, -0.2) is 41.0 Å². The van der Waals surface area contributed by atoms with E-state index in [4.69, 9.17) is 21.1 Å². The quantitative estimate of drug-likeness (QED) is 0.404. The number of halogens is 1. The highest BCUT2D eigenvalue weighted by atomic mass is 35.5. The van der Waals surface area contributed by atoms with Gasteiger partial charge in [0.25, 0.3) is 0 Å². The Kier molecular flexibility index (Phi) is 18.7. The molecule has 0 aromatic heterocycles. The van der Waals surface area contributed by atoms with Crippen LogP contribution in [0, 0.1) is 0 Å². The van der Waals surface area contributed by atoms with Crippen molar-refractivity contribution in [1.29, 1.82) is 0 Å². The zero-order chi connectivity index (χ0) is 7.86. The molecule has 0 amide bonds. The summed E-state index contributed by atoms with van der Waals surface area (Å²) in [6.45, 7) is -0.505. The van der Waals surface area contributed by atoms with Gasteiger partial charge in [-0.15, -0.1) is 12.4 Å². The van der Waals surface area contributed by atoms with Crippen LogP contribution >= 0.6 is 12.4 Å². The van der Waals surface area contributed by atoms with Gasteiger partial charge < -0.3 is 21.1 Å². The molecule has 0 rings (SSSR count). The van der Waals surface area contributed by atoms with E-state index >= 15 is 0 Å². The maximum Gasteiger partial charge on any atom is 0.322 e. The largest absolute Gasteiger partial charge is 0.480 e.